The molecule has 0 N–H and O–H groups in total. The van der Waals surface area contributed by atoms with Gasteiger partial charge in [0.2, 0.25) is 17.6 Å². The zero-order valence-corrected chi connectivity index (χ0v) is 17.4. The van der Waals surface area contributed by atoms with Crippen LogP contribution in [0.4, 0.5) is 5.69 Å². The number of nitrogens with zero attached hydrogens (tertiary/aromatic N) is 1. The first-order chi connectivity index (χ1) is 15.6. The summed E-state index contributed by atoms with van der Waals surface area (Å²) >= 11 is 0. The number of carbonyl (C=O) groups is 3. The molecule has 2 aromatic rings. The number of methoxy groups -OCH3 is 1. The maximum Gasteiger partial charge on any atom is 0.242 e. The average Bonchev–Trinajstić information content (AvgIpc) is 3.61. The highest BCUT2D eigenvalue weighted by Gasteiger charge is 2.68. The van der Waals surface area contributed by atoms with Crippen LogP contribution in [-0.4, -0.2) is 24.7 Å². The number of ketones is 1. The number of benzene rings is 2. The molecule has 4 aliphatic carbocycles. The van der Waals surface area contributed by atoms with Crippen LogP contribution >= 0.6 is 0 Å². The van der Waals surface area contributed by atoms with Crippen molar-refractivity contribution in [3.8, 4) is 17.6 Å². The van der Waals surface area contributed by atoms with Gasteiger partial charge in [0.15, 0.2) is 0 Å². The van der Waals surface area contributed by atoms with Crippen molar-refractivity contribution in [1.82, 2.24) is 0 Å². The highest BCUT2D eigenvalue weighted by atomic mass is 16.5. The van der Waals surface area contributed by atoms with Gasteiger partial charge in [-0.15, -0.1) is 0 Å². The van der Waals surface area contributed by atoms with Crippen LogP contribution in [0.5, 0.6) is 5.75 Å². The molecule has 2 unspecified atom stereocenters. The summed E-state index contributed by atoms with van der Waals surface area (Å²) in [4.78, 5) is 39.9. The van der Waals surface area contributed by atoms with E-state index in [9.17, 15) is 14.4 Å². The highest BCUT2D eigenvalue weighted by Crippen LogP contribution is 2.67. The zero-order valence-electron chi connectivity index (χ0n) is 17.4. The third kappa shape index (κ3) is 2.76. The van der Waals surface area contributed by atoms with Gasteiger partial charge in [-0.2, -0.15) is 0 Å². The van der Waals surface area contributed by atoms with E-state index in [2.05, 4.69) is 24.0 Å². The molecule has 0 spiro atoms. The summed E-state index contributed by atoms with van der Waals surface area (Å²) in [6.07, 6.45) is 5.34. The van der Waals surface area contributed by atoms with Crippen molar-refractivity contribution in [3.63, 3.8) is 0 Å². The van der Waals surface area contributed by atoms with Gasteiger partial charge in [0, 0.05) is 11.1 Å². The fraction of sp³-hybridized carbons (Fsp3) is 0.222. The number of anilines is 1. The Morgan fingerprint density at radius 3 is 2.06 bits per heavy atom. The molecule has 4 atom stereocenters. The Labute approximate surface area is 186 Å². The number of imide groups is 1. The van der Waals surface area contributed by atoms with Crippen molar-refractivity contribution in [3.05, 3.63) is 83.6 Å². The number of rotatable bonds is 3. The lowest BCUT2D eigenvalue weighted by atomic mass is 9.63. The zero-order chi connectivity index (χ0) is 22.0. The first kappa shape index (κ1) is 19.1. The molecule has 2 bridgehead atoms. The molecule has 0 aromatic heterocycles. The molecule has 2 radical (unpaired) electrons. The summed E-state index contributed by atoms with van der Waals surface area (Å²) < 4.78 is 5.09. The molecule has 32 heavy (non-hydrogen) atoms. The number of Topliss-reactive ketones (excluding diaryl/α,β-unsaturated/α-hetero) is 1. The summed E-state index contributed by atoms with van der Waals surface area (Å²) in [7, 11) is 1.57. The third-order valence-corrected chi connectivity index (χ3v) is 6.96. The van der Waals surface area contributed by atoms with Gasteiger partial charge < -0.3 is 4.74 Å². The first-order valence-corrected chi connectivity index (χ1v) is 10.7. The van der Waals surface area contributed by atoms with E-state index >= 15 is 0 Å². The van der Waals surface area contributed by atoms with E-state index < -0.39 is 0 Å². The molecule has 5 aliphatic rings. The molecule has 1 saturated heterocycles. The molecule has 2 saturated carbocycles. The monoisotopic (exact) mass is 421 g/mol. The van der Waals surface area contributed by atoms with E-state index in [0.717, 1.165) is 6.42 Å². The summed E-state index contributed by atoms with van der Waals surface area (Å²) in [6, 6.07) is 13.7. The van der Waals surface area contributed by atoms with E-state index in [1.54, 1.807) is 55.6 Å². The van der Waals surface area contributed by atoms with Crippen LogP contribution in [-0.2, 0) is 9.59 Å². The lowest BCUT2D eigenvalue weighted by Crippen LogP contribution is -2.37. The number of carbonyl (C=O) groups excluding carboxylic acids is 3. The molecular formula is C27H19NO4. The Morgan fingerprint density at radius 1 is 0.906 bits per heavy atom. The Hall–Kier alpha value is -3.65. The SMILES string of the molecule is COc1ccc(C(=O)C#Cc2ccc(N3C(=O)[C]4[C](C3=O)[C@@H]3C=C[C@H]4C4CC43)cc2)cc1. The number of hydrogen-bond acceptors (Lipinski definition) is 4. The maximum absolute atomic E-state index is 13.1. The lowest BCUT2D eigenvalue weighted by molar-refractivity contribution is -0.120. The topological polar surface area (TPSA) is 63.7 Å². The van der Waals surface area contributed by atoms with Gasteiger partial charge >= 0.3 is 0 Å². The minimum Gasteiger partial charge on any atom is -0.497 e. The van der Waals surface area contributed by atoms with Crippen LogP contribution in [0, 0.1) is 47.3 Å². The van der Waals surface area contributed by atoms with Gasteiger partial charge in [-0.3, -0.25) is 14.4 Å². The molecular weight excluding hydrogens is 402 g/mol. The van der Waals surface area contributed by atoms with Gasteiger partial charge in [-0.1, -0.05) is 18.1 Å². The van der Waals surface area contributed by atoms with E-state index in [1.165, 1.54) is 4.90 Å². The van der Waals surface area contributed by atoms with Crippen molar-refractivity contribution >= 4 is 23.3 Å². The predicted octanol–water partition coefficient (Wildman–Crippen LogP) is 3.40. The Morgan fingerprint density at radius 2 is 1.50 bits per heavy atom. The molecule has 1 aliphatic heterocycles. The number of ether oxygens (including phenoxy) is 1. The summed E-state index contributed by atoms with van der Waals surface area (Å²) in [5.74, 6) is 8.15. The molecule has 5 nitrogen and oxygen atoms in total. The Kier molecular flexibility index (Phi) is 4.13. The van der Waals surface area contributed by atoms with E-state index in [1.807, 2.05) is 0 Å². The van der Waals surface area contributed by atoms with Gasteiger partial charge in [0.1, 0.15) is 5.75 Å². The quantitative estimate of drug-likeness (QED) is 0.330. The smallest absolute Gasteiger partial charge is 0.242 e. The standard InChI is InChI=1S/C27H19NO4/c1-32-18-9-5-16(6-10-18)23(29)13-4-15-2-7-17(8-3-15)28-26(30)24-19-11-12-20(22-14-21(19)22)25(24)27(28)31/h2-3,5-12,19-22H,14H2,1H3/t19-,20+,21?,22?. The minimum absolute atomic E-state index is 0.0931. The lowest BCUT2D eigenvalue weighted by Gasteiger charge is -2.36. The maximum atomic E-state index is 13.1. The van der Waals surface area contributed by atoms with Gasteiger partial charge in [-0.05, 0) is 84.5 Å². The van der Waals surface area contributed by atoms with Gasteiger partial charge in [-0.25, -0.2) is 4.90 Å². The first-order valence-electron chi connectivity index (χ1n) is 10.7. The largest absolute Gasteiger partial charge is 0.497 e. The van der Waals surface area contributed by atoms with Crippen LogP contribution in [0.25, 0.3) is 0 Å². The van der Waals surface area contributed by atoms with Crippen molar-refractivity contribution in [1.29, 1.82) is 0 Å². The number of amides is 2. The van der Waals surface area contributed by atoms with Gasteiger partial charge in [0.25, 0.3) is 0 Å². The van der Waals surface area contributed by atoms with Gasteiger partial charge in [0.05, 0.1) is 24.6 Å². The van der Waals surface area contributed by atoms with Crippen molar-refractivity contribution in [2.75, 3.05) is 12.0 Å². The number of allylic oxidation sites excluding steroid dienone is 2. The van der Waals surface area contributed by atoms with Crippen LogP contribution < -0.4 is 9.64 Å². The second-order valence-electron chi connectivity index (χ2n) is 8.63. The van der Waals surface area contributed by atoms with Crippen LogP contribution in [0.1, 0.15) is 22.3 Å². The second-order valence-corrected chi connectivity index (χ2v) is 8.63. The molecule has 2 amide bonds. The van der Waals surface area contributed by atoms with E-state index in [4.69, 9.17) is 4.74 Å². The van der Waals surface area contributed by atoms with Crippen molar-refractivity contribution in [2.24, 2.45) is 23.7 Å². The van der Waals surface area contributed by atoms with E-state index in [0.29, 0.717) is 46.2 Å². The normalized spacial score (nSPS) is 27.6. The van der Waals surface area contributed by atoms with Crippen LogP contribution in [0.15, 0.2) is 60.7 Å². The summed E-state index contributed by atoms with van der Waals surface area (Å²) in [6.45, 7) is 0. The second kappa shape index (κ2) is 6.93. The number of hydrogen-bond donors (Lipinski definition) is 0. The fourth-order valence-electron chi connectivity index (χ4n) is 5.29. The average molecular weight is 421 g/mol. The Balaban J connectivity index is 1.20. The van der Waals surface area contributed by atoms with Crippen LogP contribution in [0.3, 0.4) is 0 Å². The predicted molar refractivity (Wildman–Crippen MR) is 117 cm³/mol. The fourth-order valence-corrected chi connectivity index (χ4v) is 5.29. The summed E-state index contributed by atoms with van der Waals surface area (Å²) in [5.41, 5.74) is 1.66. The molecule has 156 valence electrons. The van der Waals surface area contributed by atoms with Crippen LogP contribution in [0.2, 0.25) is 0 Å². The Bertz CT molecular complexity index is 1200. The minimum atomic E-state index is -0.292. The highest BCUT2D eigenvalue weighted by molar-refractivity contribution is 6.34. The molecule has 3 fully saturated rings. The molecule has 2 aromatic carbocycles. The van der Waals surface area contributed by atoms with Crippen molar-refractivity contribution < 1.29 is 19.1 Å². The third-order valence-electron chi connectivity index (χ3n) is 6.96. The molecule has 1 heterocycles. The van der Waals surface area contributed by atoms with Crippen molar-refractivity contribution in [2.45, 2.75) is 6.42 Å². The molecule has 7 rings (SSSR count). The van der Waals surface area contributed by atoms with E-state index in [-0.39, 0.29) is 29.4 Å². The molecule has 5 heteroatoms. The summed E-state index contributed by atoms with van der Waals surface area (Å²) in [5, 5.41) is 0.